The summed E-state index contributed by atoms with van der Waals surface area (Å²) in [4.78, 5) is 39.6. The number of rotatable bonds is 5. The van der Waals surface area contributed by atoms with Crippen molar-refractivity contribution in [1.29, 1.82) is 0 Å². The molecule has 1 saturated heterocycles. The minimum absolute atomic E-state index is 0.0429. The number of piperidine rings is 1. The van der Waals surface area contributed by atoms with Crippen LogP contribution in [0.5, 0.6) is 0 Å². The fraction of sp³-hybridized carbons (Fsp3) is 0.423. The summed E-state index contributed by atoms with van der Waals surface area (Å²) in [7, 11) is 0. The first kappa shape index (κ1) is 22.8. The third kappa shape index (κ3) is 6.34. The van der Waals surface area contributed by atoms with Crippen LogP contribution in [0.1, 0.15) is 55.3 Å². The zero-order valence-electron chi connectivity index (χ0n) is 18.9. The lowest BCUT2D eigenvalue weighted by Gasteiger charge is -2.35. The lowest BCUT2D eigenvalue weighted by Crippen LogP contribution is -2.49. The number of likely N-dealkylation sites (tertiary alicyclic amines) is 1. The second-order valence-electron chi connectivity index (χ2n) is 8.93. The van der Waals surface area contributed by atoms with Gasteiger partial charge in [0.05, 0.1) is 0 Å². The molecule has 2 fully saturated rings. The van der Waals surface area contributed by atoms with E-state index < -0.39 is 0 Å². The van der Waals surface area contributed by atoms with Crippen molar-refractivity contribution < 1.29 is 14.4 Å². The number of carbonyl (C=O) groups excluding carboxylic acids is 3. The zero-order valence-corrected chi connectivity index (χ0v) is 18.9. The van der Waals surface area contributed by atoms with Gasteiger partial charge in [-0.1, -0.05) is 43.5 Å². The Balaban J connectivity index is 1.23. The minimum Gasteiger partial charge on any atom is -0.342 e. The Morgan fingerprint density at radius 1 is 0.758 bits per heavy atom. The van der Waals surface area contributed by atoms with Crippen molar-refractivity contribution in [2.75, 3.05) is 23.7 Å². The van der Waals surface area contributed by atoms with E-state index in [1.165, 1.54) is 6.42 Å². The van der Waals surface area contributed by atoms with Crippen LogP contribution < -0.4 is 16.0 Å². The van der Waals surface area contributed by atoms with Crippen LogP contribution in [-0.4, -0.2) is 41.9 Å². The van der Waals surface area contributed by atoms with Crippen molar-refractivity contribution in [3.63, 3.8) is 0 Å². The zero-order chi connectivity index (χ0) is 23.0. The summed E-state index contributed by atoms with van der Waals surface area (Å²) in [6.07, 6.45) is 7.12. The molecule has 2 aromatic carbocycles. The Bertz CT molecular complexity index is 965. The van der Waals surface area contributed by atoms with Crippen LogP contribution in [0.15, 0.2) is 54.6 Å². The van der Waals surface area contributed by atoms with Crippen molar-refractivity contribution in [3.05, 3.63) is 60.2 Å². The molecular formula is C26H32N4O3. The molecule has 2 aromatic rings. The number of urea groups is 1. The van der Waals surface area contributed by atoms with Crippen molar-refractivity contribution in [2.24, 2.45) is 5.92 Å². The Morgan fingerprint density at radius 3 is 2.12 bits per heavy atom. The number of benzene rings is 2. The van der Waals surface area contributed by atoms with Gasteiger partial charge in [-0.15, -0.1) is 0 Å². The van der Waals surface area contributed by atoms with E-state index in [1.807, 2.05) is 23.1 Å². The van der Waals surface area contributed by atoms with Gasteiger partial charge >= 0.3 is 6.03 Å². The maximum atomic E-state index is 12.7. The average molecular weight is 449 g/mol. The highest BCUT2D eigenvalue weighted by Gasteiger charge is 2.29. The van der Waals surface area contributed by atoms with Gasteiger partial charge in [0.15, 0.2) is 0 Å². The fourth-order valence-electron chi connectivity index (χ4n) is 4.67. The van der Waals surface area contributed by atoms with Gasteiger partial charge in [-0.05, 0) is 56.0 Å². The quantitative estimate of drug-likeness (QED) is 0.623. The molecule has 1 aliphatic heterocycles. The van der Waals surface area contributed by atoms with Crippen LogP contribution in [-0.2, 0) is 4.79 Å². The molecule has 4 rings (SSSR count). The fourth-order valence-corrected chi connectivity index (χ4v) is 4.67. The molecule has 1 aliphatic carbocycles. The summed E-state index contributed by atoms with van der Waals surface area (Å²) in [5, 5.41) is 8.71. The normalized spacial score (nSPS) is 17.3. The molecule has 174 valence electrons. The number of carbonyl (C=O) groups is 3. The van der Waals surface area contributed by atoms with Gasteiger partial charge < -0.3 is 20.9 Å². The van der Waals surface area contributed by atoms with E-state index in [2.05, 4.69) is 16.0 Å². The number of nitrogens with one attached hydrogen (secondary N) is 3. The third-order valence-corrected chi connectivity index (χ3v) is 6.51. The van der Waals surface area contributed by atoms with E-state index in [0.29, 0.717) is 35.9 Å². The first-order chi connectivity index (χ1) is 16.1. The first-order valence-electron chi connectivity index (χ1n) is 11.9. The molecule has 7 nitrogen and oxygen atoms in total. The highest BCUT2D eigenvalue weighted by atomic mass is 16.2. The molecule has 4 amide bonds. The Morgan fingerprint density at radius 2 is 1.42 bits per heavy atom. The summed E-state index contributed by atoms with van der Waals surface area (Å²) in [6.45, 7) is 1.39. The van der Waals surface area contributed by atoms with Gasteiger partial charge in [-0.3, -0.25) is 9.59 Å². The van der Waals surface area contributed by atoms with Crippen LogP contribution in [0, 0.1) is 5.92 Å². The molecule has 33 heavy (non-hydrogen) atoms. The van der Waals surface area contributed by atoms with Crippen molar-refractivity contribution in [1.82, 2.24) is 10.2 Å². The van der Waals surface area contributed by atoms with Crippen molar-refractivity contribution in [3.8, 4) is 0 Å². The van der Waals surface area contributed by atoms with E-state index in [9.17, 15) is 14.4 Å². The summed E-state index contributed by atoms with van der Waals surface area (Å²) in [6, 6.07) is 15.8. The maximum Gasteiger partial charge on any atom is 0.319 e. The van der Waals surface area contributed by atoms with Crippen molar-refractivity contribution >= 4 is 29.2 Å². The summed E-state index contributed by atoms with van der Waals surface area (Å²) in [5.41, 5.74) is 1.78. The first-order valence-corrected chi connectivity index (χ1v) is 11.9. The number of anilines is 2. The second-order valence-corrected chi connectivity index (χ2v) is 8.93. The van der Waals surface area contributed by atoms with E-state index in [1.54, 1.807) is 36.4 Å². The predicted octanol–water partition coefficient (Wildman–Crippen LogP) is 4.63. The van der Waals surface area contributed by atoms with Crippen LogP contribution in [0.2, 0.25) is 0 Å². The molecule has 0 radical (unpaired) electrons. The topological polar surface area (TPSA) is 90.5 Å². The smallest absolute Gasteiger partial charge is 0.319 e. The second kappa shape index (κ2) is 11.0. The number of amides is 4. The molecule has 0 spiro atoms. The monoisotopic (exact) mass is 448 g/mol. The number of hydrogen-bond donors (Lipinski definition) is 3. The van der Waals surface area contributed by atoms with Crippen LogP contribution in [0.3, 0.4) is 0 Å². The molecule has 0 atom stereocenters. The lowest BCUT2D eigenvalue weighted by molar-refractivity contribution is -0.137. The molecule has 2 aliphatic rings. The van der Waals surface area contributed by atoms with E-state index in [-0.39, 0.29) is 23.9 Å². The van der Waals surface area contributed by atoms with Gasteiger partial charge in [0.25, 0.3) is 5.91 Å². The van der Waals surface area contributed by atoms with Crippen molar-refractivity contribution in [2.45, 2.75) is 51.0 Å². The molecule has 0 aromatic heterocycles. The highest BCUT2D eigenvalue weighted by Crippen LogP contribution is 2.26. The molecule has 3 N–H and O–H groups in total. The average Bonchev–Trinajstić information content (AvgIpc) is 2.85. The molecule has 1 saturated carbocycles. The SMILES string of the molecule is O=C(Nc1cccc(NC(=O)c2ccccc2)c1)NC1CCN(C(=O)C2CCCCC2)CC1. The van der Waals surface area contributed by atoms with Gasteiger partial charge in [-0.25, -0.2) is 4.79 Å². The van der Waals surface area contributed by atoms with E-state index >= 15 is 0 Å². The Kier molecular flexibility index (Phi) is 7.60. The van der Waals surface area contributed by atoms with Gasteiger partial charge in [0.1, 0.15) is 0 Å². The number of nitrogens with zero attached hydrogens (tertiary/aromatic N) is 1. The van der Waals surface area contributed by atoms with Crippen LogP contribution in [0.25, 0.3) is 0 Å². The standard InChI is InChI=1S/C26H32N4O3/c31-24(19-8-3-1-4-9-19)27-22-12-7-13-23(18-22)29-26(33)28-21-14-16-30(17-15-21)25(32)20-10-5-2-6-11-20/h1,3-4,7-9,12-13,18,20-21H,2,5-6,10-11,14-17H2,(H,27,31)(H2,28,29,33). The van der Waals surface area contributed by atoms with Gasteiger partial charge in [-0.2, -0.15) is 0 Å². The number of hydrogen-bond acceptors (Lipinski definition) is 3. The molecular weight excluding hydrogens is 416 g/mol. The predicted molar refractivity (Wildman–Crippen MR) is 129 cm³/mol. The van der Waals surface area contributed by atoms with Gasteiger partial charge in [0, 0.05) is 42.0 Å². The van der Waals surface area contributed by atoms with E-state index in [0.717, 1.165) is 38.5 Å². The molecule has 7 heteroatoms. The minimum atomic E-state index is -0.279. The summed E-state index contributed by atoms with van der Waals surface area (Å²) < 4.78 is 0. The summed E-state index contributed by atoms with van der Waals surface area (Å²) >= 11 is 0. The summed E-state index contributed by atoms with van der Waals surface area (Å²) in [5.74, 6) is 0.292. The maximum absolute atomic E-state index is 12.7. The highest BCUT2D eigenvalue weighted by molar-refractivity contribution is 6.04. The molecule has 0 bridgehead atoms. The van der Waals surface area contributed by atoms with Gasteiger partial charge in [0.2, 0.25) is 5.91 Å². The van der Waals surface area contributed by atoms with Crippen LogP contribution >= 0.6 is 0 Å². The lowest BCUT2D eigenvalue weighted by atomic mass is 9.87. The Labute approximate surface area is 194 Å². The molecule has 0 unspecified atom stereocenters. The van der Waals surface area contributed by atoms with E-state index in [4.69, 9.17) is 0 Å². The largest absolute Gasteiger partial charge is 0.342 e. The van der Waals surface area contributed by atoms with Crippen LogP contribution in [0.4, 0.5) is 16.2 Å². The Hall–Kier alpha value is -3.35. The third-order valence-electron chi connectivity index (χ3n) is 6.51. The molecule has 1 heterocycles.